The molecule has 5 heteroatoms. The van der Waals surface area contributed by atoms with Gasteiger partial charge in [0.15, 0.2) is 0 Å². The van der Waals surface area contributed by atoms with Crippen molar-refractivity contribution in [2.45, 2.75) is 63.3 Å². The highest BCUT2D eigenvalue weighted by atomic mass is 16.3. The number of nitrogens with zero attached hydrogens (tertiary/aromatic N) is 1. The fourth-order valence-electron chi connectivity index (χ4n) is 4.94. The lowest BCUT2D eigenvalue weighted by Crippen LogP contribution is -2.45. The summed E-state index contributed by atoms with van der Waals surface area (Å²) < 4.78 is 5.51. The summed E-state index contributed by atoms with van der Waals surface area (Å²) in [6, 6.07) is 12.3. The zero-order valence-electron chi connectivity index (χ0n) is 17.2. The molecule has 2 saturated heterocycles. The SMILES string of the molecule is Cc1ccccc1C1CCCN(C(=O)CCC2(Cc3ccco3)CCC(=O)N2)C1. The second-order valence-corrected chi connectivity index (χ2v) is 8.62. The van der Waals surface area contributed by atoms with Gasteiger partial charge in [-0.25, -0.2) is 0 Å². The van der Waals surface area contributed by atoms with Crippen molar-refractivity contribution < 1.29 is 14.0 Å². The van der Waals surface area contributed by atoms with Gasteiger partial charge in [0.05, 0.1) is 6.26 Å². The van der Waals surface area contributed by atoms with Crippen LogP contribution < -0.4 is 5.32 Å². The monoisotopic (exact) mass is 394 g/mol. The minimum atomic E-state index is -0.365. The minimum absolute atomic E-state index is 0.0709. The van der Waals surface area contributed by atoms with Crippen molar-refractivity contribution in [1.29, 1.82) is 0 Å². The molecule has 0 aliphatic carbocycles. The van der Waals surface area contributed by atoms with Crippen molar-refractivity contribution in [3.8, 4) is 0 Å². The Morgan fingerprint density at radius 1 is 1.28 bits per heavy atom. The summed E-state index contributed by atoms with van der Waals surface area (Å²) in [5, 5.41) is 3.14. The third-order valence-corrected chi connectivity index (χ3v) is 6.55. The Bertz CT molecular complexity index is 861. The Labute approximate surface area is 172 Å². The number of carbonyl (C=O) groups is 2. The van der Waals surface area contributed by atoms with Gasteiger partial charge in [-0.05, 0) is 55.9 Å². The molecule has 2 atom stereocenters. The van der Waals surface area contributed by atoms with E-state index in [0.717, 1.165) is 38.1 Å². The van der Waals surface area contributed by atoms with Gasteiger partial charge in [0, 0.05) is 43.8 Å². The average molecular weight is 395 g/mol. The summed E-state index contributed by atoms with van der Waals surface area (Å²) in [7, 11) is 0. The van der Waals surface area contributed by atoms with Crippen molar-refractivity contribution in [3.05, 3.63) is 59.5 Å². The second-order valence-electron chi connectivity index (χ2n) is 8.62. The maximum atomic E-state index is 13.0. The van der Waals surface area contributed by atoms with Crippen molar-refractivity contribution in [2.75, 3.05) is 13.1 Å². The van der Waals surface area contributed by atoms with Crippen LogP contribution in [0.15, 0.2) is 47.1 Å². The van der Waals surface area contributed by atoms with E-state index in [1.165, 1.54) is 11.1 Å². The van der Waals surface area contributed by atoms with E-state index in [-0.39, 0.29) is 17.4 Å². The second kappa shape index (κ2) is 8.44. The highest BCUT2D eigenvalue weighted by Gasteiger charge is 2.39. The number of hydrogen-bond donors (Lipinski definition) is 1. The van der Waals surface area contributed by atoms with Crippen LogP contribution in [0.5, 0.6) is 0 Å². The first kappa shape index (κ1) is 19.7. The van der Waals surface area contributed by atoms with E-state index in [2.05, 4.69) is 36.5 Å². The van der Waals surface area contributed by atoms with Crippen LogP contribution in [0.3, 0.4) is 0 Å². The fourth-order valence-corrected chi connectivity index (χ4v) is 4.94. The molecule has 29 heavy (non-hydrogen) atoms. The van der Waals surface area contributed by atoms with Gasteiger partial charge in [0.1, 0.15) is 5.76 Å². The molecule has 2 aromatic rings. The van der Waals surface area contributed by atoms with Crippen LogP contribution in [0, 0.1) is 6.92 Å². The molecule has 154 valence electrons. The molecule has 1 N–H and O–H groups in total. The van der Waals surface area contributed by atoms with E-state index in [1.807, 2.05) is 17.0 Å². The first-order valence-corrected chi connectivity index (χ1v) is 10.7. The van der Waals surface area contributed by atoms with Crippen molar-refractivity contribution in [1.82, 2.24) is 10.2 Å². The summed E-state index contributed by atoms with van der Waals surface area (Å²) in [5.74, 6) is 1.54. The number of benzene rings is 1. The highest BCUT2D eigenvalue weighted by Crippen LogP contribution is 2.32. The lowest BCUT2D eigenvalue weighted by Gasteiger charge is -2.35. The van der Waals surface area contributed by atoms with Gasteiger partial charge in [-0.1, -0.05) is 24.3 Å². The molecule has 0 bridgehead atoms. The number of likely N-dealkylation sites (tertiary alicyclic amines) is 1. The Balaban J connectivity index is 1.39. The molecule has 1 aromatic carbocycles. The van der Waals surface area contributed by atoms with E-state index < -0.39 is 0 Å². The molecular weight excluding hydrogens is 364 g/mol. The lowest BCUT2D eigenvalue weighted by atomic mass is 9.86. The van der Waals surface area contributed by atoms with Crippen molar-refractivity contribution >= 4 is 11.8 Å². The molecule has 5 nitrogen and oxygen atoms in total. The van der Waals surface area contributed by atoms with Crippen LogP contribution >= 0.6 is 0 Å². The number of hydrogen-bond acceptors (Lipinski definition) is 3. The molecule has 0 radical (unpaired) electrons. The van der Waals surface area contributed by atoms with Gasteiger partial charge < -0.3 is 14.6 Å². The van der Waals surface area contributed by atoms with Crippen LogP contribution in [-0.2, 0) is 16.0 Å². The van der Waals surface area contributed by atoms with E-state index in [4.69, 9.17) is 4.42 Å². The summed E-state index contributed by atoms with van der Waals surface area (Å²) in [6.07, 6.45) is 6.87. The summed E-state index contributed by atoms with van der Waals surface area (Å²) in [6.45, 7) is 3.78. The molecule has 2 aliphatic heterocycles. The van der Waals surface area contributed by atoms with Gasteiger partial charge in [-0.3, -0.25) is 9.59 Å². The van der Waals surface area contributed by atoms with Gasteiger partial charge >= 0.3 is 0 Å². The predicted octanol–water partition coefficient (Wildman–Crippen LogP) is 3.97. The summed E-state index contributed by atoms with van der Waals surface area (Å²) in [4.78, 5) is 27.0. The molecule has 2 fully saturated rings. The molecule has 3 heterocycles. The fraction of sp³-hybridized carbons (Fsp3) is 0.500. The standard InChI is InChI=1S/C24H30N2O3/c1-18-6-2-3-9-21(18)19-7-4-14-26(17-19)23(28)11-13-24(12-10-22(27)25-24)16-20-8-5-15-29-20/h2-3,5-6,8-9,15,19H,4,7,10-14,16-17H2,1H3,(H,25,27). The number of rotatable bonds is 6. The van der Waals surface area contributed by atoms with E-state index in [0.29, 0.717) is 31.6 Å². The molecular formula is C24H30N2O3. The van der Waals surface area contributed by atoms with Gasteiger partial charge in [0.2, 0.25) is 11.8 Å². The zero-order chi connectivity index (χ0) is 20.3. The molecule has 2 amide bonds. The smallest absolute Gasteiger partial charge is 0.222 e. The third kappa shape index (κ3) is 4.55. The van der Waals surface area contributed by atoms with E-state index in [1.54, 1.807) is 6.26 Å². The third-order valence-electron chi connectivity index (χ3n) is 6.55. The number of carbonyl (C=O) groups excluding carboxylic acids is 2. The number of nitrogens with one attached hydrogen (secondary N) is 1. The summed E-state index contributed by atoms with van der Waals surface area (Å²) >= 11 is 0. The van der Waals surface area contributed by atoms with Crippen LogP contribution in [0.25, 0.3) is 0 Å². The molecule has 0 spiro atoms. The van der Waals surface area contributed by atoms with E-state index in [9.17, 15) is 9.59 Å². The number of aryl methyl sites for hydroxylation is 1. The quantitative estimate of drug-likeness (QED) is 0.806. The Morgan fingerprint density at radius 3 is 2.86 bits per heavy atom. The number of piperidine rings is 1. The molecule has 1 aromatic heterocycles. The van der Waals surface area contributed by atoms with Gasteiger partial charge in [0.25, 0.3) is 0 Å². The Morgan fingerprint density at radius 2 is 2.14 bits per heavy atom. The van der Waals surface area contributed by atoms with Gasteiger partial charge in [-0.15, -0.1) is 0 Å². The van der Waals surface area contributed by atoms with Crippen molar-refractivity contribution in [3.63, 3.8) is 0 Å². The van der Waals surface area contributed by atoms with Crippen LogP contribution in [0.4, 0.5) is 0 Å². The summed E-state index contributed by atoms with van der Waals surface area (Å²) in [5.41, 5.74) is 2.30. The highest BCUT2D eigenvalue weighted by molar-refractivity contribution is 5.80. The normalized spacial score (nSPS) is 24.5. The Hall–Kier alpha value is -2.56. The average Bonchev–Trinajstić information content (AvgIpc) is 3.37. The predicted molar refractivity (Wildman–Crippen MR) is 111 cm³/mol. The first-order valence-electron chi connectivity index (χ1n) is 10.7. The van der Waals surface area contributed by atoms with Crippen molar-refractivity contribution in [2.24, 2.45) is 0 Å². The molecule has 2 unspecified atom stereocenters. The minimum Gasteiger partial charge on any atom is -0.469 e. The topological polar surface area (TPSA) is 62.6 Å². The Kier molecular flexibility index (Phi) is 5.74. The van der Waals surface area contributed by atoms with E-state index >= 15 is 0 Å². The first-order chi connectivity index (χ1) is 14.0. The number of amides is 2. The van der Waals surface area contributed by atoms with Crippen LogP contribution in [0.2, 0.25) is 0 Å². The van der Waals surface area contributed by atoms with Gasteiger partial charge in [-0.2, -0.15) is 0 Å². The maximum absolute atomic E-state index is 13.0. The number of furan rings is 1. The van der Waals surface area contributed by atoms with Crippen LogP contribution in [0.1, 0.15) is 61.3 Å². The zero-order valence-corrected chi connectivity index (χ0v) is 17.2. The van der Waals surface area contributed by atoms with Crippen LogP contribution in [-0.4, -0.2) is 35.3 Å². The molecule has 2 aliphatic rings. The maximum Gasteiger partial charge on any atom is 0.222 e. The molecule has 4 rings (SSSR count). The largest absolute Gasteiger partial charge is 0.469 e. The lowest BCUT2D eigenvalue weighted by molar-refractivity contribution is -0.133. The molecule has 0 saturated carbocycles.